The SMILES string of the molecule is CCOC(=O)C1(Cc2ccccc2C)CCCNC1.Cl. The van der Waals surface area contributed by atoms with E-state index in [9.17, 15) is 4.79 Å². The van der Waals surface area contributed by atoms with Gasteiger partial charge in [-0.3, -0.25) is 4.79 Å². The van der Waals surface area contributed by atoms with Crippen molar-refractivity contribution in [3.8, 4) is 0 Å². The minimum absolute atomic E-state index is 0. The van der Waals surface area contributed by atoms with E-state index in [1.165, 1.54) is 11.1 Å². The van der Waals surface area contributed by atoms with Gasteiger partial charge in [-0.25, -0.2) is 0 Å². The summed E-state index contributed by atoms with van der Waals surface area (Å²) in [5.41, 5.74) is 2.11. The highest BCUT2D eigenvalue weighted by Gasteiger charge is 2.41. The maximum absolute atomic E-state index is 12.4. The molecule has 0 radical (unpaired) electrons. The van der Waals surface area contributed by atoms with Gasteiger partial charge in [0.25, 0.3) is 0 Å². The Morgan fingerprint density at radius 2 is 2.15 bits per heavy atom. The molecule has 0 saturated carbocycles. The number of carbonyl (C=O) groups excluding carboxylic acids is 1. The molecule has 0 aliphatic carbocycles. The van der Waals surface area contributed by atoms with E-state index < -0.39 is 0 Å². The molecule has 1 atom stereocenters. The minimum atomic E-state index is -0.389. The zero-order chi connectivity index (χ0) is 13.7. The predicted octanol–water partition coefficient (Wildman–Crippen LogP) is 2.89. The fourth-order valence-corrected chi connectivity index (χ4v) is 2.82. The first-order valence-electron chi connectivity index (χ1n) is 7.10. The number of piperidine rings is 1. The summed E-state index contributed by atoms with van der Waals surface area (Å²) in [5, 5.41) is 3.35. The first-order valence-corrected chi connectivity index (χ1v) is 7.10. The van der Waals surface area contributed by atoms with Crippen molar-refractivity contribution in [2.24, 2.45) is 5.41 Å². The molecule has 0 aromatic heterocycles. The second kappa shape index (κ2) is 7.65. The average molecular weight is 298 g/mol. The summed E-state index contributed by atoms with van der Waals surface area (Å²) in [6, 6.07) is 8.29. The quantitative estimate of drug-likeness (QED) is 0.869. The molecule has 1 aromatic rings. The third-order valence-corrected chi connectivity index (χ3v) is 3.97. The van der Waals surface area contributed by atoms with Crippen molar-refractivity contribution < 1.29 is 9.53 Å². The van der Waals surface area contributed by atoms with Gasteiger partial charge in [-0.05, 0) is 50.8 Å². The number of aryl methyl sites for hydroxylation is 1. The second-order valence-electron chi connectivity index (χ2n) is 5.38. The Morgan fingerprint density at radius 3 is 2.75 bits per heavy atom. The molecular weight excluding hydrogens is 274 g/mol. The van der Waals surface area contributed by atoms with Gasteiger partial charge in [0.1, 0.15) is 0 Å². The Balaban J connectivity index is 0.00000200. The van der Waals surface area contributed by atoms with Crippen molar-refractivity contribution in [3.05, 3.63) is 35.4 Å². The number of hydrogen-bond acceptors (Lipinski definition) is 3. The van der Waals surface area contributed by atoms with E-state index in [0.29, 0.717) is 6.61 Å². The van der Waals surface area contributed by atoms with Crippen LogP contribution in [0, 0.1) is 12.3 Å². The van der Waals surface area contributed by atoms with Crippen molar-refractivity contribution in [2.75, 3.05) is 19.7 Å². The lowest BCUT2D eigenvalue weighted by Crippen LogP contribution is -2.48. The normalized spacial score (nSPS) is 21.9. The molecule has 4 heteroatoms. The third-order valence-electron chi connectivity index (χ3n) is 3.97. The van der Waals surface area contributed by atoms with E-state index in [1.54, 1.807) is 0 Å². The fourth-order valence-electron chi connectivity index (χ4n) is 2.82. The van der Waals surface area contributed by atoms with Crippen LogP contribution >= 0.6 is 12.4 Å². The molecule has 0 bridgehead atoms. The van der Waals surface area contributed by atoms with Gasteiger partial charge in [-0.1, -0.05) is 24.3 Å². The summed E-state index contributed by atoms with van der Waals surface area (Å²) >= 11 is 0. The van der Waals surface area contributed by atoms with Gasteiger partial charge >= 0.3 is 5.97 Å². The number of rotatable bonds is 4. The number of ether oxygens (including phenoxy) is 1. The molecule has 1 aromatic carbocycles. The molecular formula is C16H24ClNO2. The molecule has 1 N–H and O–H groups in total. The van der Waals surface area contributed by atoms with Gasteiger partial charge in [0.2, 0.25) is 0 Å². The van der Waals surface area contributed by atoms with Crippen molar-refractivity contribution in [2.45, 2.75) is 33.1 Å². The predicted molar refractivity (Wildman–Crippen MR) is 83.3 cm³/mol. The summed E-state index contributed by atoms with van der Waals surface area (Å²) in [7, 11) is 0. The number of hydrogen-bond donors (Lipinski definition) is 1. The largest absolute Gasteiger partial charge is 0.466 e. The number of halogens is 1. The Morgan fingerprint density at radius 1 is 1.40 bits per heavy atom. The summed E-state index contributed by atoms with van der Waals surface area (Å²) < 4.78 is 5.32. The molecule has 1 aliphatic rings. The Labute approximate surface area is 127 Å². The molecule has 3 nitrogen and oxygen atoms in total. The lowest BCUT2D eigenvalue weighted by molar-refractivity contribution is -0.156. The Kier molecular flexibility index (Phi) is 6.50. The molecule has 112 valence electrons. The third kappa shape index (κ3) is 3.74. The standard InChI is InChI=1S/C16H23NO2.ClH/c1-3-19-15(18)16(9-6-10-17-12-16)11-14-8-5-4-7-13(14)2;/h4-5,7-8,17H,3,6,9-12H2,1-2H3;1H. The van der Waals surface area contributed by atoms with Crippen LogP contribution in [0.25, 0.3) is 0 Å². The van der Waals surface area contributed by atoms with E-state index in [-0.39, 0.29) is 23.8 Å². The minimum Gasteiger partial charge on any atom is -0.466 e. The van der Waals surface area contributed by atoms with Crippen molar-refractivity contribution in [1.29, 1.82) is 0 Å². The first kappa shape index (κ1) is 17.0. The van der Waals surface area contributed by atoms with E-state index in [4.69, 9.17) is 4.74 Å². The molecule has 2 rings (SSSR count). The molecule has 1 fully saturated rings. The Hall–Kier alpha value is -1.06. The maximum Gasteiger partial charge on any atom is 0.313 e. The van der Waals surface area contributed by atoms with Gasteiger partial charge in [0.05, 0.1) is 12.0 Å². The van der Waals surface area contributed by atoms with E-state index in [2.05, 4.69) is 24.4 Å². The molecule has 1 aliphatic heterocycles. The van der Waals surface area contributed by atoms with Gasteiger partial charge < -0.3 is 10.1 Å². The lowest BCUT2D eigenvalue weighted by Gasteiger charge is -2.35. The van der Waals surface area contributed by atoms with Crippen LogP contribution < -0.4 is 5.32 Å². The molecule has 1 heterocycles. The summed E-state index contributed by atoms with van der Waals surface area (Å²) in [6.45, 7) is 6.14. The van der Waals surface area contributed by atoms with Crippen LogP contribution in [0.4, 0.5) is 0 Å². The fraction of sp³-hybridized carbons (Fsp3) is 0.562. The molecule has 20 heavy (non-hydrogen) atoms. The highest BCUT2D eigenvalue weighted by molar-refractivity contribution is 5.85. The van der Waals surface area contributed by atoms with Crippen LogP contribution in [0.3, 0.4) is 0 Å². The van der Waals surface area contributed by atoms with E-state index >= 15 is 0 Å². The topological polar surface area (TPSA) is 38.3 Å². The van der Waals surface area contributed by atoms with Gasteiger partial charge in [-0.15, -0.1) is 12.4 Å². The smallest absolute Gasteiger partial charge is 0.313 e. The summed E-state index contributed by atoms with van der Waals surface area (Å²) in [6.07, 6.45) is 2.71. The summed E-state index contributed by atoms with van der Waals surface area (Å²) in [4.78, 5) is 12.4. The lowest BCUT2D eigenvalue weighted by atomic mass is 9.75. The monoisotopic (exact) mass is 297 g/mol. The number of nitrogens with one attached hydrogen (secondary N) is 1. The van der Waals surface area contributed by atoms with Crippen molar-refractivity contribution in [3.63, 3.8) is 0 Å². The first-order chi connectivity index (χ1) is 9.18. The van der Waals surface area contributed by atoms with Gasteiger partial charge in [0, 0.05) is 6.54 Å². The van der Waals surface area contributed by atoms with Crippen LogP contribution in [0.1, 0.15) is 30.9 Å². The van der Waals surface area contributed by atoms with E-state index in [1.807, 2.05) is 19.1 Å². The van der Waals surface area contributed by atoms with Crippen LogP contribution in [0.15, 0.2) is 24.3 Å². The van der Waals surface area contributed by atoms with Crippen molar-refractivity contribution in [1.82, 2.24) is 5.32 Å². The molecule has 0 amide bonds. The molecule has 0 spiro atoms. The molecule has 1 unspecified atom stereocenters. The van der Waals surface area contributed by atoms with Crippen LogP contribution in [0.5, 0.6) is 0 Å². The average Bonchev–Trinajstić information content (AvgIpc) is 2.43. The number of carbonyl (C=O) groups is 1. The van der Waals surface area contributed by atoms with Crippen LogP contribution in [-0.4, -0.2) is 25.7 Å². The maximum atomic E-state index is 12.4. The van der Waals surface area contributed by atoms with Gasteiger partial charge in [-0.2, -0.15) is 0 Å². The highest BCUT2D eigenvalue weighted by Crippen LogP contribution is 2.33. The highest BCUT2D eigenvalue weighted by atomic mass is 35.5. The summed E-state index contributed by atoms with van der Waals surface area (Å²) in [5.74, 6) is -0.0505. The zero-order valence-corrected chi connectivity index (χ0v) is 13.1. The van der Waals surface area contributed by atoms with Crippen LogP contribution in [0.2, 0.25) is 0 Å². The number of esters is 1. The second-order valence-corrected chi connectivity index (χ2v) is 5.38. The Bertz CT molecular complexity index is 442. The van der Waals surface area contributed by atoms with Crippen LogP contribution in [-0.2, 0) is 16.0 Å². The van der Waals surface area contributed by atoms with Gasteiger partial charge in [0.15, 0.2) is 0 Å². The number of benzene rings is 1. The molecule has 1 saturated heterocycles. The zero-order valence-electron chi connectivity index (χ0n) is 12.3. The van der Waals surface area contributed by atoms with E-state index in [0.717, 1.165) is 32.4 Å². The van der Waals surface area contributed by atoms with Crippen molar-refractivity contribution >= 4 is 18.4 Å².